The number of nitrogens with one attached hydrogen (secondary N) is 1. The van der Waals surface area contributed by atoms with Gasteiger partial charge in [-0.1, -0.05) is 0 Å². The highest BCUT2D eigenvalue weighted by Gasteiger charge is 2.15. The molecule has 0 fully saturated rings. The molecule has 0 aromatic carbocycles. The summed E-state index contributed by atoms with van der Waals surface area (Å²) in [5.41, 5.74) is 2.09. The van der Waals surface area contributed by atoms with Gasteiger partial charge in [0.15, 0.2) is 0 Å². The van der Waals surface area contributed by atoms with Crippen molar-refractivity contribution in [2.75, 3.05) is 33.4 Å². The molecule has 0 saturated heterocycles. The second-order valence-corrected chi connectivity index (χ2v) is 3.37. The lowest BCUT2D eigenvalue weighted by molar-refractivity contribution is -0.122. The fraction of sp³-hybridized carbons (Fsp3) is 0.889. The van der Waals surface area contributed by atoms with Crippen molar-refractivity contribution >= 4 is 5.91 Å². The number of ether oxygens (including phenoxy) is 1. The molecule has 1 amide bonds. The first-order valence-corrected chi connectivity index (χ1v) is 4.99. The van der Waals surface area contributed by atoms with E-state index in [1.807, 2.05) is 11.8 Å². The maximum atomic E-state index is 11.0. The Kier molecular flexibility index (Phi) is 8.21. The molecule has 0 aromatic rings. The number of hydrogen-bond donors (Lipinski definition) is 3. The summed E-state index contributed by atoms with van der Waals surface area (Å²) in [5.74, 6) is 4.80. The number of hydrogen-bond acceptors (Lipinski definition) is 5. The van der Waals surface area contributed by atoms with Crippen LogP contribution in [0.4, 0.5) is 0 Å². The van der Waals surface area contributed by atoms with Crippen LogP contribution in [0.15, 0.2) is 0 Å². The van der Waals surface area contributed by atoms with Gasteiger partial charge in [0.25, 0.3) is 0 Å². The van der Waals surface area contributed by atoms with Gasteiger partial charge in [-0.15, -0.1) is 0 Å². The molecule has 0 aliphatic heterocycles. The minimum Gasteiger partial charge on any atom is -0.395 e. The van der Waals surface area contributed by atoms with Gasteiger partial charge in [-0.2, -0.15) is 0 Å². The minimum atomic E-state index is -0.206. The average Bonchev–Trinajstić information content (AvgIpc) is 2.23. The molecular weight excluding hydrogens is 198 g/mol. The molecule has 0 heterocycles. The second-order valence-electron chi connectivity index (χ2n) is 3.37. The summed E-state index contributed by atoms with van der Waals surface area (Å²) < 4.78 is 4.95. The maximum absolute atomic E-state index is 11.0. The monoisotopic (exact) mass is 219 g/mol. The number of carbonyl (C=O) groups is 1. The summed E-state index contributed by atoms with van der Waals surface area (Å²) in [6, 6.07) is 0.0378. The van der Waals surface area contributed by atoms with Crippen molar-refractivity contribution < 1.29 is 14.6 Å². The zero-order valence-corrected chi connectivity index (χ0v) is 9.40. The van der Waals surface area contributed by atoms with Crippen LogP contribution in [0.5, 0.6) is 0 Å². The van der Waals surface area contributed by atoms with Crippen molar-refractivity contribution in [2.24, 2.45) is 5.84 Å². The first kappa shape index (κ1) is 14.3. The van der Waals surface area contributed by atoms with Crippen LogP contribution in [0.2, 0.25) is 0 Å². The predicted molar refractivity (Wildman–Crippen MR) is 56.9 cm³/mol. The quantitative estimate of drug-likeness (QED) is 0.268. The zero-order chi connectivity index (χ0) is 11.7. The van der Waals surface area contributed by atoms with Gasteiger partial charge in [0.1, 0.15) is 0 Å². The minimum absolute atomic E-state index is 0.0378. The second kappa shape index (κ2) is 8.60. The Bertz CT molecular complexity index is 178. The molecule has 90 valence electrons. The third-order valence-corrected chi connectivity index (χ3v) is 2.23. The van der Waals surface area contributed by atoms with E-state index in [0.717, 1.165) is 0 Å². The molecule has 15 heavy (non-hydrogen) atoms. The molecule has 1 unspecified atom stereocenters. The lowest BCUT2D eigenvalue weighted by Gasteiger charge is -2.27. The third kappa shape index (κ3) is 6.40. The van der Waals surface area contributed by atoms with E-state index in [0.29, 0.717) is 26.1 Å². The molecule has 4 N–H and O–H groups in total. The van der Waals surface area contributed by atoms with Gasteiger partial charge in [0, 0.05) is 32.7 Å². The fourth-order valence-electron chi connectivity index (χ4n) is 1.35. The number of hydrazine groups is 1. The molecule has 0 radical (unpaired) electrons. The van der Waals surface area contributed by atoms with Crippen molar-refractivity contribution in [3.63, 3.8) is 0 Å². The topological polar surface area (TPSA) is 87.8 Å². The van der Waals surface area contributed by atoms with Crippen molar-refractivity contribution in [1.29, 1.82) is 0 Å². The molecular formula is C9H21N3O3. The van der Waals surface area contributed by atoms with Gasteiger partial charge >= 0.3 is 0 Å². The first-order valence-electron chi connectivity index (χ1n) is 4.99. The number of nitrogens with zero attached hydrogens (tertiary/aromatic N) is 1. The van der Waals surface area contributed by atoms with Crippen molar-refractivity contribution in [3.05, 3.63) is 0 Å². The van der Waals surface area contributed by atoms with E-state index in [2.05, 4.69) is 5.43 Å². The van der Waals surface area contributed by atoms with Gasteiger partial charge in [-0.05, 0) is 6.92 Å². The Balaban J connectivity index is 4.02. The molecule has 1 atom stereocenters. The first-order chi connectivity index (χ1) is 7.15. The van der Waals surface area contributed by atoms with Crippen molar-refractivity contribution in [2.45, 2.75) is 19.4 Å². The van der Waals surface area contributed by atoms with Gasteiger partial charge in [-0.3, -0.25) is 15.1 Å². The fourth-order valence-corrected chi connectivity index (χ4v) is 1.35. The molecule has 0 rings (SSSR count). The van der Waals surface area contributed by atoms with E-state index in [4.69, 9.17) is 15.7 Å². The molecule has 0 aromatic heterocycles. The van der Waals surface area contributed by atoms with Crippen LogP contribution < -0.4 is 11.3 Å². The average molecular weight is 219 g/mol. The molecule has 0 saturated carbocycles. The van der Waals surface area contributed by atoms with Gasteiger partial charge < -0.3 is 9.84 Å². The largest absolute Gasteiger partial charge is 0.395 e. The molecule has 0 aliphatic rings. The third-order valence-electron chi connectivity index (χ3n) is 2.23. The van der Waals surface area contributed by atoms with Crippen LogP contribution in [0, 0.1) is 0 Å². The summed E-state index contributed by atoms with van der Waals surface area (Å²) in [4.78, 5) is 13.0. The van der Waals surface area contributed by atoms with E-state index in [-0.39, 0.29) is 18.6 Å². The van der Waals surface area contributed by atoms with E-state index in [9.17, 15) is 4.79 Å². The smallest absolute Gasteiger partial charge is 0.235 e. The van der Waals surface area contributed by atoms with Crippen LogP contribution in [0.1, 0.15) is 13.3 Å². The van der Waals surface area contributed by atoms with Crippen LogP contribution >= 0.6 is 0 Å². The van der Waals surface area contributed by atoms with Crippen LogP contribution in [-0.4, -0.2) is 55.4 Å². The number of aliphatic hydroxyl groups excluding tert-OH is 1. The molecule has 0 bridgehead atoms. The lowest BCUT2D eigenvalue weighted by Crippen LogP contribution is -2.42. The summed E-state index contributed by atoms with van der Waals surface area (Å²) in [7, 11) is 1.62. The number of methoxy groups -OCH3 is 1. The normalized spacial score (nSPS) is 12.9. The van der Waals surface area contributed by atoms with Gasteiger partial charge in [0.05, 0.1) is 13.2 Å². The van der Waals surface area contributed by atoms with Crippen molar-refractivity contribution in [3.8, 4) is 0 Å². The summed E-state index contributed by atoms with van der Waals surface area (Å²) in [6.45, 7) is 3.78. The molecule has 0 spiro atoms. The number of carbonyl (C=O) groups excluding carboxylic acids is 1. The Morgan fingerprint density at radius 3 is 2.73 bits per heavy atom. The lowest BCUT2D eigenvalue weighted by atomic mass is 10.2. The predicted octanol–water partition coefficient (Wildman–Crippen LogP) is -1.30. The van der Waals surface area contributed by atoms with Crippen LogP contribution in [0.25, 0.3) is 0 Å². The number of aliphatic hydroxyl groups is 1. The van der Waals surface area contributed by atoms with Crippen LogP contribution in [-0.2, 0) is 9.53 Å². The zero-order valence-electron chi connectivity index (χ0n) is 9.40. The summed E-state index contributed by atoms with van der Waals surface area (Å²) in [5, 5.41) is 8.87. The SMILES string of the molecule is COCCN(CCO)C(C)CC(=O)NN. The number of amides is 1. The summed E-state index contributed by atoms with van der Waals surface area (Å²) in [6.07, 6.45) is 0.320. The summed E-state index contributed by atoms with van der Waals surface area (Å²) >= 11 is 0. The highest BCUT2D eigenvalue weighted by atomic mass is 16.5. The Morgan fingerprint density at radius 2 is 2.27 bits per heavy atom. The molecule has 0 aliphatic carbocycles. The number of nitrogens with two attached hydrogens (primary N) is 1. The Labute approximate surface area is 90.3 Å². The van der Waals surface area contributed by atoms with Crippen LogP contribution in [0.3, 0.4) is 0 Å². The molecule has 6 nitrogen and oxygen atoms in total. The van der Waals surface area contributed by atoms with E-state index in [1.54, 1.807) is 7.11 Å². The molecule has 6 heteroatoms. The van der Waals surface area contributed by atoms with E-state index >= 15 is 0 Å². The number of rotatable bonds is 8. The standard InChI is InChI=1S/C9H21N3O3/c1-8(7-9(14)11-10)12(3-5-13)4-6-15-2/h8,13H,3-7,10H2,1-2H3,(H,11,14). The van der Waals surface area contributed by atoms with E-state index in [1.165, 1.54) is 0 Å². The van der Waals surface area contributed by atoms with Gasteiger partial charge in [0.2, 0.25) is 5.91 Å². The highest BCUT2D eigenvalue weighted by Crippen LogP contribution is 2.03. The maximum Gasteiger partial charge on any atom is 0.235 e. The van der Waals surface area contributed by atoms with E-state index < -0.39 is 0 Å². The highest BCUT2D eigenvalue weighted by molar-refractivity contribution is 5.75. The van der Waals surface area contributed by atoms with Gasteiger partial charge in [-0.25, -0.2) is 5.84 Å². The Hall–Kier alpha value is -0.690. The Morgan fingerprint density at radius 1 is 1.60 bits per heavy atom. The van der Waals surface area contributed by atoms with Crippen molar-refractivity contribution in [1.82, 2.24) is 10.3 Å².